The van der Waals surface area contributed by atoms with Gasteiger partial charge in [0.15, 0.2) is 0 Å². The van der Waals surface area contributed by atoms with Gasteiger partial charge in [-0.1, -0.05) is 24.3 Å². The number of hydrogen-bond acceptors (Lipinski definition) is 2. The van der Waals surface area contributed by atoms with E-state index in [0.29, 0.717) is 0 Å². The van der Waals surface area contributed by atoms with Crippen molar-refractivity contribution in [3.8, 4) is 5.75 Å². The fourth-order valence-corrected chi connectivity index (χ4v) is 2.45. The topological polar surface area (TPSA) is 21.3 Å². The van der Waals surface area contributed by atoms with Crippen LogP contribution < -0.4 is 10.1 Å². The van der Waals surface area contributed by atoms with Gasteiger partial charge < -0.3 is 10.1 Å². The van der Waals surface area contributed by atoms with E-state index in [1.165, 1.54) is 17.7 Å². The molecule has 3 heteroatoms. The Hall–Kier alpha value is -1.87. The first-order valence-electron chi connectivity index (χ1n) is 7.74. The predicted octanol–water partition coefficient (Wildman–Crippen LogP) is 5.02. The number of rotatable bonds is 6. The van der Waals surface area contributed by atoms with E-state index in [0.717, 1.165) is 11.3 Å². The van der Waals surface area contributed by atoms with Gasteiger partial charge in [0, 0.05) is 12.1 Å². The zero-order valence-electron chi connectivity index (χ0n) is 13.6. The molecule has 0 aliphatic carbocycles. The molecule has 2 aromatic carbocycles. The number of ether oxygens (including phenoxy) is 1. The summed E-state index contributed by atoms with van der Waals surface area (Å²) in [6.07, 6.45) is 0.164. The molecule has 0 heterocycles. The van der Waals surface area contributed by atoms with Gasteiger partial charge in [-0.05, 0) is 63.1 Å². The minimum Gasteiger partial charge on any atom is -0.491 e. The summed E-state index contributed by atoms with van der Waals surface area (Å²) in [6, 6.07) is 15.1. The summed E-state index contributed by atoms with van der Waals surface area (Å²) in [5.41, 5.74) is 2.25. The maximum absolute atomic E-state index is 13.0. The van der Waals surface area contributed by atoms with E-state index in [2.05, 4.69) is 31.3 Å². The molecule has 0 amide bonds. The second-order valence-electron chi connectivity index (χ2n) is 5.90. The smallest absolute Gasteiger partial charge is 0.123 e. The number of benzene rings is 2. The first-order chi connectivity index (χ1) is 10.5. The van der Waals surface area contributed by atoms with Gasteiger partial charge in [-0.25, -0.2) is 4.39 Å². The quantitative estimate of drug-likeness (QED) is 0.808. The summed E-state index contributed by atoms with van der Waals surface area (Å²) in [6.45, 7) is 8.24. The average Bonchev–Trinajstić information content (AvgIpc) is 2.47. The van der Waals surface area contributed by atoms with Gasteiger partial charge in [-0.2, -0.15) is 0 Å². The second-order valence-corrected chi connectivity index (χ2v) is 5.90. The van der Waals surface area contributed by atoms with Crippen molar-refractivity contribution in [3.05, 3.63) is 65.5 Å². The van der Waals surface area contributed by atoms with E-state index in [1.807, 2.05) is 38.1 Å². The summed E-state index contributed by atoms with van der Waals surface area (Å²) in [5.74, 6) is 0.679. The van der Waals surface area contributed by atoms with Crippen molar-refractivity contribution < 1.29 is 9.13 Å². The highest BCUT2D eigenvalue weighted by Gasteiger charge is 2.12. The van der Waals surface area contributed by atoms with E-state index < -0.39 is 0 Å². The van der Waals surface area contributed by atoms with Crippen LogP contribution in [-0.2, 0) is 0 Å². The Labute approximate surface area is 132 Å². The van der Waals surface area contributed by atoms with Gasteiger partial charge in [0.2, 0.25) is 0 Å². The minimum absolute atomic E-state index is 0.144. The Balaban J connectivity index is 2.05. The van der Waals surface area contributed by atoms with Crippen LogP contribution in [0.2, 0.25) is 0 Å². The second kappa shape index (κ2) is 7.41. The number of halogens is 1. The van der Waals surface area contributed by atoms with Crippen LogP contribution in [0.1, 0.15) is 50.9 Å². The van der Waals surface area contributed by atoms with Gasteiger partial charge in [-0.3, -0.25) is 0 Å². The minimum atomic E-state index is -0.206. The summed E-state index contributed by atoms with van der Waals surface area (Å²) in [5, 5.41) is 3.53. The molecular weight excluding hydrogens is 277 g/mol. The van der Waals surface area contributed by atoms with Crippen LogP contribution in [0.15, 0.2) is 48.5 Å². The molecule has 0 aliphatic heterocycles. The van der Waals surface area contributed by atoms with Gasteiger partial charge in [-0.15, -0.1) is 0 Å². The third-order valence-corrected chi connectivity index (χ3v) is 3.60. The highest BCUT2D eigenvalue weighted by Crippen LogP contribution is 2.23. The lowest BCUT2D eigenvalue weighted by Gasteiger charge is -2.21. The third-order valence-electron chi connectivity index (χ3n) is 3.60. The molecule has 2 unspecified atom stereocenters. The van der Waals surface area contributed by atoms with E-state index in [1.54, 1.807) is 0 Å². The summed E-state index contributed by atoms with van der Waals surface area (Å²) >= 11 is 0. The highest BCUT2D eigenvalue weighted by atomic mass is 19.1. The lowest BCUT2D eigenvalue weighted by Crippen LogP contribution is -2.22. The van der Waals surface area contributed by atoms with E-state index >= 15 is 0 Å². The summed E-state index contributed by atoms with van der Waals surface area (Å²) in [7, 11) is 0. The Kier molecular flexibility index (Phi) is 5.56. The van der Waals surface area contributed by atoms with Crippen LogP contribution in [-0.4, -0.2) is 6.10 Å². The molecule has 2 nitrogen and oxygen atoms in total. The molecule has 1 N–H and O–H groups in total. The molecule has 2 rings (SSSR count). The Morgan fingerprint density at radius 3 is 2.14 bits per heavy atom. The Morgan fingerprint density at radius 2 is 1.50 bits per heavy atom. The van der Waals surface area contributed by atoms with Gasteiger partial charge >= 0.3 is 0 Å². The van der Waals surface area contributed by atoms with E-state index in [9.17, 15) is 4.39 Å². The largest absolute Gasteiger partial charge is 0.491 e. The summed E-state index contributed by atoms with van der Waals surface area (Å²) in [4.78, 5) is 0. The molecule has 0 saturated heterocycles. The molecule has 2 aromatic rings. The fourth-order valence-electron chi connectivity index (χ4n) is 2.45. The van der Waals surface area contributed by atoms with Crippen LogP contribution in [0.25, 0.3) is 0 Å². The maximum atomic E-state index is 13.0. The number of hydrogen-bond donors (Lipinski definition) is 1. The molecule has 0 bridgehead atoms. The van der Waals surface area contributed by atoms with E-state index in [-0.39, 0.29) is 24.0 Å². The Morgan fingerprint density at radius 1 is 0.864 bits per heavy atom. The maximum Gasteiger partial charge on any atom is 0.123 e. The molecule has 2 atom stereocenters. The van der Waals surface area contributed by atoms with Crippen molar-refractivity contribution in [1.29, 1.82) is 0 Å². The highest BCUT2D eigenvalue weighted by molar-refractivity contribution is 5.31. The molecule has 0 saturated carbocycles. The molecule has 0 fully saturated rings. The zero-order valence-corrected chi connectivity index (χ0v) is 13.6. The van der Waals surface area contributed by atoms with Crippen molar-refractivity contribution in [1.82, 2.24) is 5.32 Å². The van der Waals surface area contributed by atoms with Crippen LogP contribution in [0.5, 0.6) is 5.75 Å². The van der Waals surface area contributed by atoms with Crippen molar-refractivity contribution >= 4 is 0 Å². The zero-order chi connectivity index (χ0) is 16.1. The molecular formula is C19H24FNO. The van der Waals surface area contributed by atoms with Gasteiger partial charge in [0.25, 0.3) is 0 Å². The average molecular weight is 301 g/mol. The van der Waals surface area contributed by atoms with Gasteiger partial charge in [0.05, 0.1) is 6.10 Å². The molecule has 0 aromatic heterocycles. The van der Waals surface area contributed by atoms with Crippen LogP contribution >= 0.6 is 0 Å². The lowest BCUT2D eigenvalue weighted by molar-refractivity contribution is 0.242. The van der Waals surface area contributed by atoms with Crippen molar-refractivity contribution in [2.45, 2.75) is 45.9 Å². The van der Waals surface area contributed by atoms with Crippen LogP contribution in [0.4, 0.5) is 4.39 Å². The van der Waals surface area contributed by atoms with Crippen molar-refractivity contribution in [3.63, 3.8) is 0 Å². The summed E-state index contributed by atoms with van der Waals surface area (Å²) < 4.78 is 18.7. The molecule has 118 valence electrons. The van der Waals surface area contributed by atoms with Gasteiger partial charge in [0.1, 0.15) is 11.6 Å². The van der Waals surface area contributed by atoms with Crippen molar-refractivity contribution in [2.24, 2.45) is 0 Å². The monoisotopic (exact) mass is 301 g/mol. The molecule has 0 spiro atoms. The third kappa shape index (κ3) is 4.57. The van der Waals surface area contributed by atoms with Crippen molar-refractivity contribution in [2.75, 3.05) is 0 Å². The lowest BCUT2D eigenvalue weighted by atomic mass is 10.0. The first kappa shape index (κ1) is 16.5. The van der Waals surface area contributed by atoms with E-state index in [4.69, 9.17) is 4.74 Å². The first-order valence-corrected chi connectivity index (χ1v) is 7.74. The number of nitrogens with one attached hydrogen (secondary N) is 1. The SMILES string of the molecule is CC(C)Oc1cccc(C(C)NC(C)c2ccc(F)cc2)c1. The normalized spacial score (nSPS) is 13.9. The molecule has 22 heavy (non-hydrogen) atoms. The fraction of sp³-hybridized carbons (Fsp3) is 0.368. The molecule has 0 aliphatic rings. The standard InChI is InChI=1S/C19H24FNO/c1-13(2)22-19-7-5-6-17(12-19)15(4)21-14(3)16-8-10-18(20)11-9-16/h5-15,21H,1-4H3. The van der Waals surface area contributed by atoms with Crippen LogP contribution in [0, 0.1) is 5.82 Å². The molecule has 0 radical (unpaired) electrons. The van der Waals surface area contributed by atoms with Crippen LogP contribution in [0.3, 0.4) is 0 Å². The predicted molar refractivity (Wildman–Crippen MR) is 88.6 cm³/mol. The Bertz CT molecular complexity index is 595.